The largest absolute Gasteiger partial charge is 0.493 e. The summed E-state index contributed by atoms with van der Waals surface area (Å²) < 4.78 is 5.88. The SMILES string of the molecule is Cc1ccc[n+](-c2c(C)c(N=Nc3ccc(SOOO)cc3C(=O)O)c(O)[nH]c2=O)c1. The number of aromatic hydroxyl groups is 1. The number of aromatic amines is 1. The molecule has 0 atom stereocenters. The monoisotopic (exact) mass is 445 g/mol. The highest BCUT2D eigenvalue weighted by molar-refractivity contribution is 7.94. The number of aromatic nitrogens is 2. The number of hydrogen-bond acceptors (Lipinski definition) is 9. The standard InChI is InChI=1S/C19H16N4O7S/c1-10-4-3-7-23(9-10)16-11(2)15(17(24)20-18(16)25)22-21-14-6-5-12(31-30-29-28)8-13(14)19(26)27/h3-9H,1-2H3,(H3-,20,24,25,26,27,28)/p+1. The molecule has 3 rings (SSSR count). The molecule has 12 heteroatoms. The van der Waals surface area contributed by atoms with Crippen molar-refractivity contribution < 1.29 is 34.2 Å². The Morgan fingerprint density at radius 1 is 1.23 bits per heavy atom. The molecular weight excluding hydrogens is 428 g/mol. The molecule has 1 aromatic carbocycles. The number of rotatable bonds is 7. The lowest BCUT2D eigenvalue weighted by Crippen LogP contribution is -2.38. The second kappa shape index (κ2) is 9.49. The fraction of sp³-hybridized carbons (Fsp3) is 0.105. The Morgan fingerprint density at radius 2 is 2.00 bits per heavy atom. The van der Waals surface area contributed by atoms with Crippen LogP contribution < -0.4 is 10.1 Å². The molecule has 0 fully saturated rings. The number of carboxylic acid groups (broad SMARTS) is 1. The molecule has 0 saturated heterocycles. The van der Waals surface area contributed by atoms with Gasteiger partial charge in [0.25, 0.3) is 5.69 Å². The third-order valence-corrected chi connectivity index (χ3v) is 4.78. The molecule has 2 heterocycles. The van der Waals surface area contributed by atoms with Crippen LogP contribution in [-0.2, 0) is 9.37 Å². The van der Waals surface area contributed by atoms with E-state index in [4.69, 9.17) is 5.26 Å². The van der Waals surface area contributed by atoms with Crippen LogP contribution in [-0.4, -0.2) is 26.4 Å². The minimum atomic E-state index is -1.28. The third kappa shape index (κ3) is 4.95. The summed E-state index contributed by atoms with van der Waals surface area (Å²) in [6.45, 7) is 3.46. The second-order valence-corrected chi connectivity index (χ2v) is 7.10. The van der Waals surface area contributed by atoms with Gasteiger partial charge < -0.3 is 10.2 Å². The van der Waals surface area contributed by atoms with Crippen LogP contribution in [0.2, 0.25) is 0 Å². The number of carboxylic acids is 1. The maximum Gasteiger partial charge on any atom is 0.338 e. The topological polar surface area (TPSA) is 158 Å². The Bertz CT molecular complexity index is 1230. The summed E-state index contributed by atoms with van der Waals surface area (Å²) in [6, 6.07) is 7.72. The van der Waals surface area contributed by atoms with Gasteiger partial charge in [-0.1, -0.05) is 5.04 Å². The van der Waals surface area contributed by atoms with Gasteiger partial charge in [0.05, 0.1) is 23.2 Å². The Labute approximate surface area is 179 Å². The Balaban J connectivity index is 2.06. The van der Waals surface area contributed by atoms with Crippen molar-refractivity contribution in [2.24, 2.45) is 10.2 Å². The van der Waals surface area contributed by atoms with E-state index in [-0.39, 0.29) is 22.6 Å². The molecule has 31 heavy (non-hydrogen) atoms. The highest BCUT2D eigenvalue weighted by atomic mass is 32.2. The van der Waals surface area contributed by atoms with Crippen molar-refractivity contribution in [3.8, 4) is 11.6 Å². The number of nitrogens with zero attached hydrogens (tertiary/aromatic N) is 3. The van der Waals surface area contributed by atoms with Crippen molar-refractivity contribution in [3.05, 3.63) is 69.8 Å². The number of hydrogen-bond donors (Lipinski definition) is 4. The minimum Gasteiger partial charge on any atom is -0.493 e. The van der Waals surface area contributed by atoms with Crippen molar-refractivity contribution >= 4 is 29.4 Å². The van der Waals surface area contributed by atoms with Crippen molar-refractivity contribution in [3.63, 3.8) is 0 Å². The zero-order chi connectivity index (χ0) is 22.5. The minimum absolute atomic E-state index is 0.00322. The quantitative estimate of drug-likeness (QED) is 0.141. The van der Waals surface area contributed by atoms with E-state index in [0.29, 0.717) is 22.5 Å². The first-order valence-electron chi connectivity index (χ1n) is 8.69. The molecule has 0 aliphatic rings. The van der Waals surface area contributed by atoms with Crippen LogP contribution in [0.25, 0.3) is 5.69 Å². The summed E-state index contributed by atoms with van der Waals surface area (Å²) in [4.78, 5) is 26.7. The first-order valence-corrected chi connectivity index (χ1v) is 9.44. The van der Waals surface area contributed by atoms with Gasteiger partial charge in [-0.25, -0.2) is 10.1 Å². The van der Waals surface area contributed by atoms with Crippen molar-refractivity contribution in [2.75, 3.05) is 0 Å². The molecule has 0 amide bonds. The van der Waals surface area contributed by atoms with Gasteiger partial charge in [0.1, 0.15) is 5.69 Å². The van der Waals surface area contributed by atoms with Gasteiger partial charge in [-0.05, 0) is 38.1 Å². The molecule has 4 N–H and O–H groups in total. The van der Waals surface area contributed by atoms with Crippen LogP contribution >= 0.6 is 12.0 Å². The molecule has 0 spiro atoms. The number of benzene rings is 1. The van der Waals surface area contributed by atoms with Crippen LogP contribution in [0.4, 0.5) is 11.4 Å². The van der Waals surface area contributed by atoms with Crippen LogP contribution in [0.3, 0.4) is 0 Å². The van der Waals surface area contributed by atoms with Gasteiger partial charge in [-0.15, -0.1) is 14.6 Å². The number of aryl methyl sites for hydroxylation is 1. The highest BCUT2D eigenvalue weighted by Crippen LogP contribution is 2.32. The molecule has 0 aliphatic carbocycles. The normalized spacial score (nSPS) is 11.2. The Hall–Kier alpha value is -3.58. The van der Waals surface area contributed by atoms with Crippen LogP contribution in [0, 0.1) is 13.8 Å². The average Bonchev–Trinajstić information content (AvgIpc) is 2.72. The van der Waals surface area contributed by atoms with Crippen molar-refractivity contribution in [2.45, 2.75) is 18.7 Å². The van der Waals surface area contributed by atoms with E-state index in [9.17, 15) is 19.8 Å². The molecule has 0 aliphatic heterocycles. The number of aromatic carboxylic acids is 1. The molecule has 0 unspecified atom stereocenters. The first-order chi connectivity index (χ1) is 14.8. The van der Waals surface area contributed by atoms with E-state index in [1.807, 2.05) is 13.0 Å². The predicted molar refractivity (Wildman–Crippen MR) is 108 cm³/mol. The summed E-state index contributed by atoms with van der Waals surface area (Å²) in [7, 11) is 0. The van der Waals surface area contributed by atoms with E-state index in [0.717, 1.165) is 5.56 Å². The average molecular weight is 445 g/mol. The highest BCUT2D eigenvalue weighted by Gasteiger charge is 2.22. The molecule has 11 nitrogen and oxygen atoms in total. The zero-order valence-electron chi connectivity index (χ0n) is 16.3. The summed E-state index contributed by atoms with van der Waals surface area (Å²) >= 11 is 0.592. The third-order valence-electron chi connectivity index (χ3n) is 4.21. The van der Waals surface area contributed by atoms with Gasteiger partial charge in [-0.3, -0.25) is 9.78 Å². The molecule has 2 aromatic heterocycles. The molecule has 0 radical (unpaired) electrons. The summed E-state index contributed by atoms with van der Waals surface area (Å²) in [6.07, 6.45) is 3.42. The maximum atomic E-state index is 12.4. The van der Waals surface area contributed by atoms with E-state index < -0.39 is 17.4 Å². The van der Waals surface area contributed by atoms with Gasteiger partial charge in [0, 0.05) is 16.5 Å². The first kappa shape index (κ1) is 22.1. The molecule has 160 valence electrons. The van der Waals surface area contributed by atoms with E-state index in [1.54, 1.807) is 30.0 Å². The summed E-state index contributed by atoms with van der Waals surface area (Å²) in [5.41, 5.74) is 0.748. The number of pyridine rings is 2. The zero-order valence-corrected chi connectivity index (χ0v) is 17.1. The molecular formula is C19H17N4O7S+. The van der Waals surface area contributed by atoms with Crippen LogP contribution in [0.1, 0.15) is 21.5 Å². The Kier molecular flexibility index (Phi) is 6.77. The van der Waals surface area contributed by atoms with Gasteiger partial charge >= 0.3 is 11.5 Å². The fourth-order valence-corrected chi connectivity index (χ4v) is 3.23. The smallest absolute Gasteiger partial charge is 0.338 e. The molecule has 0 saturated carbocycles. The number of azo groups is 1. The maximum absolute atomic E-state index is 12.4. The second-order valence-electron chi connectivity index (χ2n) is 6.32. The van der Waals surface area contributed by atoms with Crippen LogP contribution in [0.5, 0.6) is 5.88 Å². The lowest BCUT2D eigenvalue weighted by Gasteiger charge is -2.06. The van der Waals surface area contributed by atoms with Crippen LogP contribution in [0.15, 0.2) is 62.6 Å². The Morgan fingerprint density at radius 3 is 2.68 bits per heavy atom. The fourth-order valence-electron chi connectivity index (χ4n) is 2.84. The lowest BCUT2D eigenvalue weighted by molar-refractivity contribution is -0.597. The number of carbonyl (C=O) groups is 1. The van der Waals surface area contributed by atoms with Gasteiger partial charge in [0.2, 0.25) is 5.88 Å². The van der Waals surface area contributed by atoms with Gasteiger partial charge in [-0.2, -0.15) is 4.57 Å². The van der Waals surface area contributed by atoms with Crippen molar-refractivity contribution in [1.29, 1.82) is 0 Å². The summed E-state index contributed by atoms with van der Waals surface area (Å²) in [5, 5.41) is 39.3. The molecule has 0 bridgehead atoms. The van der Waals surface area contributed by atoms with E-state index >= 15 is 0 Å². The van der Waals surface area contributed by atoms with E-state index in [2.05, 4.69) is 24.6 Å². The lowest BCUT2D eigenvalue weighted by atomic mass is 10.2. The van der Waals surface area contributed by atoms with Crippen molar-refractivity contribution in [1.82, 2.24) is 4.98 Å². The number of nitrogens with one attached hydrogen (secondary N) is 1. The van der Waals surface area contributed by atoms with E-state index in [1.165, 1.54) is 18.2 Å². The predicted octanol–water partition coefficient (Wildman–Crippen LogP) is 3.52. The number of H-pyrrole nitrogens is 1. The van der Waals surface area contributed by atoms with Gasteiger partial charge in [0.15, 0.2) is 18.1 Å². The summed E-state index contributed by atoms with van der Waals surface area (Å²) in [5.74, 6) is -1.78. The molecule has 3 aromatic rings.